The molecular formula is C20H20F2N2O4S2. The molecule has 1 heterocycles. The first-order chi connectivity index (χ1) is 14.3. The Bertz CT molecular complexity index is 1220. The molecule has 0 saturated carbocycles. The quantitative estimate of drug-likeness (QED) is 0.490. The van der Waals surface area contributed by atoms with Gasteiger partial charge in [0, 0.05) is 25.6 Å². The standard InChI is InChI=1S/C20H20F2N2O4S2/c1-2-28-10-9-24-19-16(22)12-14(21)13-17(19)29-20(24)23-18(25)8-11-30(26,27)15-6-4-3-5-7-15/h3-7,12-13H,2,8-11H2,1H3. The lowest BCUT2D eigenvalue weighted by Crippen LogP contribution is -2.21. The van der Waals surface area contributed by atoms with Gasteiger partial charge in [0.15, 0.2) is 20.5 Å². The fourth-order valence-corrected chi connectivity index (χ4v) is 5.22. The minimum atomic E-state index is -3.63. The van der Waals surface area contributed by atoms with Crippen molar-refractivity contribution in [1.82, 2.24) is 4.57 Å². The largest absolute Gasteiger partial charge is 0.380 e. The van der Waals surface area contributed by atoms with Gasteiger partial charge in [0.1, 0.15) is 5.82 Å². The minimum Gasteiger partial charge on any atom is -0.380 e. The van der Waals surface area contributed by atoms with Crippen molar-refractivity contribution >= 4 is 37.3 Å². The normalized spacial score (nSPS) is 12.6. The number of hydrogen-bond acceptors (Lipinski definition) is 5. The molecule has 0 aliphatic carbocycles. The molecule has 3 aromatic rings. The van der Waals surface area contributed by atoms with Gasteiger partial charge < -0.3 is 9.30 Å². The van der Waals surface area contributed by atoms with Crippen molar-refractivity contribution in [3.8, 4) is 0 Å². The molecule has 0 radical (unpaired) electrons. The van der Waals surface area contributed by atoms with Gasteiger partial charge in [0.05, 0.1) is 27.5 Å². The lowest BCUT2D eigenvalue weighted by Gasteiger charge is -2.06. The monoisotopic (exact) mass is 454 g/mol. The molecule has 3 rings (SSSR count). The van der Waals surface area contributed by atoms with E-state index in [0.29, 0.717) is 11.3 Å². The molecule has 0 bridgehead atoms. The summed E-state index contributed by atoms with van der Waals surface area (Å²) in [7, 11) is -3.63. The summed E-state index contributed by atoms with van der Waals surface area (Å²) in [6, 6.07) is 9.76. The zero-order chi connectivity index (χ0) is 21.7. The lowest BCUT2D eigenvalue weighted by atomic mass is 10.3. The third kappa shape index (κ3) is 5.18. The number of rotatable bonds is 8. The molecule has 1 amide bonds. The van der Waals surface area contributed by atoms with Crippen LogP contribution in [0.2, 0.25) is 0 Å². The van der Waals surface area contributed by atoms with Crippen molar-refractivity contribution in [2.24, 2.45) is 4.99 Å². The van der Waals surface area contributed by atoms with E-state index < -0.39 is 33.1 Å². The molecule has 10 heteroatoms. The van der Waals surface area contributed by atoms with E-state index in [1.54, 1.807) is 18.2 Å². The van der Waals surface area contributed by atoms with E-state index in [2.05, 4.69) is 4.99 Å². The second-order valence-electron chi connectivity index (χ2n) is 6.36. The van der Waals surface area contributed by atoms with Crippen LogP contribution in [0.3, 0.4) is 0 Å². The van der Waals surface area contributed by atoms with Crippen molar-refractivity contribution in [3.05, 3.63) is 58.9 Å². The van der Waals surface area contributed by atoms with Gasteiger partial charge in [-0.25, -0.2) is 17.2 Å². The average Bonchev–Trinajstić information content (AvgIpc) is 3.04. The first-order valence-electron chi connectivity index (χ1n) is 9.23. The van der Waals surface area contributed by atoms with Crippen LogP contribution in [0.5, 0.6) is 0 Å². The zero-order valence-electron chi connectivity index (χ0n) is 16.2. The molecule has 0 aliphatic rings. The van der Waals surface area contributed by atoms with Gasteiger partial charge in [-0.1, -0.05) is 29.5 Å². The number of carbonyl (C=O) groups is 1. The molecule has 160 valence electrons. The van der Waals surface area contributed by atoms with Crippen molar-refractivity contribution in [1.29, 1.82) is 0 Å². The van der Waals surface area contributed by atoms with E-state index in [0.717, 1.165) is 17.4 Å². The summed E-state index contributed by atoms with van der Waals surface area (Å²) in [5, 5.41) is 0. The van der Waals surface area contributed by atoms with Crippen LogP contribution in [0, 0.1) is 11.6 Å². The van der Waals surface area contributed by atoms with E-state index in [1.807, 2.05) is 6.92 Å². The third-order valence-corrected chi connectivity index (χ3v) is 7.02. The van der Waals surface area contributed by atoms with Gasteiger partial charge in [0.25, 0.3) is 0 Å². The van der Waals surface area contributed by atoms with E-state index in [1.165, 1.54) is 22.8 Å². The number of thiazole rings is 1. The number of sulfone groups is 1. The maximum Gasteiger partial charge on any atom is 0.249 e. The zero-order valence-corrected chi connectivity index (χ0v) is 17.8. The van der Waals surface area contributed by atoms with Crippen LogP contribution in [0.25, 0.3) is 10.2 Å². The summed E-state index contributed by atoms with van der Waals surface area (Å²) < 4.78 is 59.7. The molecule has 30 heavy (non-hydrogen) atoms. The Labute approximate surface area is 176 Å². The summed E-state index contributed by atoms with van der Waals surface area (Å²) in [5.41, 5.74) is 0.129. The number of aromatic nitrogens is 1. The molecule has 0 saturated heterocycles. The number of amides is 1. The smallest absolute Gasteiger partial charge is 0.249 e. The van der Waals surface area contributed by atoms with Crippen LogP contribution in [-0.2, 0) is 25.9 Å². The molecule has 0 aliphatic heterocycles. The number of fused-ring (bicyclic) bond motifs is 1. The Hall–Kier alpha value is -2.43. The highest BCUT2D eigenvalue weighted by molar-refractivity contribution is 7.91. The highest BCUT2D eigenvalue weighted by Crippen LogP contribution is 2.22. The minimum absolute atomic E-state index is 0.129. The van der Waals surface area contributed by atoms with Gasteiger partial charge in [-0.05, 0) is 25.1 Å². The predicted molar refractivity (Wildman–Crippen MR) is 110 cm³/mol. The Kier molecular flexibility index (Phi) is 7.11. The number of hydrogen-bond donors (Lipinski definition) is 0. The first kappa shape index (κ1) is 22.3. The maximum absolute atomic E-state index is 14.4. The second-order valence-corrected chi connectivity index (χ2v) is 9.47. The summed E-state index contributed by atoms with van der Waals surface area (Å²) in [6.45, 7) is 2.74. The number of ether oxygens (including phenoxy) is 1. The van der Waals surface area contributed by atoms with Crippen LogP contribution in [0.15, 0.2) is 52.4 Å². The molecule has 0 fully saturated rings. The van der Waals surface area contributed by atoms with Crippen molar-refractivity contribution in [2.75, 3.05) is 19.0 Å². The van der Waals surface area contributed by atoms with Gasteiger partial charge in [-0.2, -0.15) is 4.99 Å². The van der Waals surface area contributed by atoms with E-state index in [9.17, 15) is 22.0 Å². The van der Waals surface area contributed by atoms with Crippen molar-refractivity contribution in [2.45, 2.75) is 24.8 Å². The Morgan fingerprint density at radius 1 is 1.20 bits per heavy atom. The Morgan fingerprint density at radius 2 is 1.93 bits per heavy atom. The number of benzene rings is 2. The second kappa shape index (κ2) is 9.59. The summed E-state index contributed by atoms with van der Waals surface area (Å²) in [5.74, 6) is -2.55. The fourth-order valence-electron chi connectivity index (χ4n) is 2.85. The third-order valence-electron chi connectivity index (χ3n) is 4.27. The Morgan fingerprint density at radius 3 is 2.63 bits per heavy atom. The molecule has 2 aromatic carbocycles. The van der Waals surface area contributed by atoms with Crippen LogP contribution in [-0.4, -0.2) is 37.9 Å². The number of nitrogens with zero attached hydrogens (tertiary/aromatic N) is 2. The SMILES string of the molecule is CCOCCn1c(=NC(=O)CCS(=O)(=O)c2ccccc2)sc2cc(F)cc(F)c21. The molecular weight excluding hydrogens is 434 g/mol. The highest BCUT2D eigenvalue weighted by Gasteiger charge is 2.17. The number of halogens is 2. The molecule has 1 aromatic heterocycles. The summed E-state index contributed by atoms with van der Waals surface area (Å²) >= 11 is 0.959. The first-order valence-corrected chi connectivity index (χ1v) is 11.7. The topological polar surface area (TPSA) is 77.7 Å². The van der Waals surface area contributed by atoms with Gasteiger partial charge >= 0.3 is 0 Å². The van der Waals surface area contributed by atoms with Crippen LogP contribution < -0.4 is 4.80 Å². The Balaban J connectivity index is 1.89. The fraction of sp³-hybridized carbons (Fsp3) is 0.300. The van der Waals surface area contributed by atoms with Gasteiger partial charge in [0.2, 0.25) is 5.91 Å². The lowest BCUT2D eigenvalue weighted by molar-refractivity contribution is -0.117. The van der Waals surface area contributed by atoms with Crippen LogP contribution in [0.4, 0.5) is 8.78 Å². The van der Waals surface area contributed by atoms with Crippen molar-refractivity contribution < 1.29 is 26.7 Å². The van der Waals surface area contributed by atoms with Crippen LogP contribution in [0.1, 0.15) is 13.3 Å². The molecule has 0 atom stereocenters. The van der Waals surface area contributed by atoms with Gasteiger partial charge in [-0.3, -0.25) is 4.79 Å². The molecule has 0 N–H and O–H groups in total. The average molecular weight is 455 g/mol. The maximum atomic E-state index is 14.4. The number of carbonyl (C=O) groups excluding carboxylic acids is 1. The highest BCUT2D eigenvalue weighted by atomic mass is 32.2. The summed E-state index contributed by atoms with van der Waals surface area (Å²) in [4.78, 5) is 16.6. The predicted octanol–water partition coefficient (Wildman–Crippen LogP) is 3.31. The molecule has 0 spiro atoms. The van der Waals surface area contributed by atoms with Crippen LogP contribution >= 0.6 is 11.3 Å². The molecule has 6 nitrogen and oxygen atoms in total. The van der Waals surface area contributed by atoms with E-state index >= 15 is 0 Å². The van der Waals surface area contributed by atoms with E-state index in [4.69, 9.17) is 4.74 Å². The van der Waals surface area contributed by atoms with Crippen molar-refractivity contribution in [3.63, 3.8) is 0 Å². The van der Waals surface area contributed by atoms with Gasteiger partial charge in [-0.15, -0.1) is 0 Å². The van der Waals surface area contributed by atoms with E-state index in [-0.39, 0.29) is 34.8 Å². The summed E-state index contributed by atoms with van der Waals surface area (Å²) in [6.07, 6.45) is -0.326. The molecule has 0 unspecified atom stereocenters.